The number of pyridine rings is 3. The molecule has 0 atom stereocenters. The highest BCUT2D eigenvalue weighted by Gasteiger charge is 2.22. The molecule has 5 heterocycles. The van der Waals surface area contributed by atoms with E-state index in [1.54, 1.807) is 18.6 Å². The average Bonchev–Trinajstić information content (AvgIpc) is 3.60. The number of fused-ring (bicyclic) bond motifs is 2. The fraction of sp³-hybridized carbons (Fsp3) is 0.242. The minimum Gasteiger partial charge on any atom is -0.492 e. The Hall–Kier alpha value is -5.16. The highest BCUT2D eigenvalue weighted by atomic mass is 19.1. The van der Waals surface area contributed by atoms with Gasteiger partial charge in [0.05, 0.1) is 28.8 Å². The molecule has 6 rings (SSSR count). The summed E-state index contributed by atoms with van der Waals surface area (Å²) in [6.45, 7) is 6.74. The molecule has 0 bridgehead atoms. The maximum atomic E-state index is 14.7. The second-order valence-electron chi connectivity index (χ2n) is 12.0. The van der Waals surface area contributed by atoms with Crippen molar-refractivity contribution in [3.8, 4) is 39.5 Å². The highest BCUT2D eigenvalue weighted by molar-refractivity contribution is 5.99. The first-order valence-corrected chi connectivity index (χ1v) is 14.2. The number of halogens is 1. The Morgan fingerprint density at radius 1 is 1.05 bits per heavy atom. The molecule has 0 spiro atoms. The van der Waals surface area contributed by atoms with Crippen LogP contribution in [0.25, 0.3) is 55.8 Å². The zero-order chi connectivity index (χ0) is 31.0. The van der Waals surface area contributed by atoms with E-state index in [0.29, 0.717) is 51.9 Å². The number of hydrogen-bond donors (Lipinski definition) is 3. The molecule has 1 aromatic carbocycles. The van der Waals surface area contributed by atoms with E-state index < -0.39 is 5.41 Å². The first-order chi connectivity index (χ1) is 21.0. The predicted octanol–water partition coefficient (Wildman–Crippen LogP) is 6.29. The molecule has 1 amide bonds. The van der Waals surface area contributed by atoms with Crippen LogP contribution in [-0.2, 0) is 4.79 Å². The van der Waals surface area contributed by atoms with Gasteiger partial charge in [-0.05, 0) is 67.7 Å². The van der Waals surface area contributed by atoms with E-state index in [9.17, 15) is 9.18 Å². The molecule has 0 saturated heterocycles. The number of hydrogen-bond acceptors (Lipinski definition) is 7. The Balaban J connectivity index is 1.35. The summed E-state index contributed by atoms with van der Waals surface area (Å²) < 4.78 is 20.5. The van der Waals surface area contributed by atoms with E-state index in [1.807, 2.05) is 76.2 Å². The molecule has 44 heavy (non-hydrogen) atoms. The van der Waals surface area contributed by atoms with E-state index in [-0.39, 0.29) is 11.7 Å². The molecule has 0 unspecified atom stereocenters. The first kappa shape index (κ1) is 28.9. The average molecular weight is 593 g/mol. The maximum Gasteiger partial charge on any atom is 0.229 e. The number of H-pyrrole nitrogens is 2. The molecule has 0 aliphatic rings. The summed E-state index contributed by atoms with van der Waals surface area (Å²) in [5.74, 6) is -0.0150. The maximum absolute atomic E-state index is 14.7. The van der Waals surface area contributed by atoms with Gasteiger partial charge in [0.2, 0.25) is 5.91 Å². The summed E-state index contributed by atoms with van der Waals surface area (Å²) in [5, 5.41) is 11.3. The van der Waals surface area contributed by atoms with Crippen LogP contribution in [-0.4, -0.2) is 68.2 Å². The molecule has 0 fully saturated rings. The van der Waals surface area contributed by atoms with Crippen LogP contribution in [0.2, 0.25) is 0 Å². The highest BCUT2D eigenvalue weighted by Crippen LogP contribution is 2.35. The smallest absolute Gasteiger partial charge is 0.229 e. The zero-order valence-electron chi connectivity index (χ0n) is 25.2. The molecule has 0 aliphatic carbocycles. The summed E-state index contributed by atoms with van der Waals surface area (Å²) in [6, 6.07) is 14.2. The van der Waals surface area contributed by atoms with Crippen molar-refractivity contribution >= 4 is 33.7 Å². The lowest BCUT2D eigenvalue weighted by Gasteiger charge is -2.17. The van der Waals surface area contributed by atoms with Gasteiger partial charge in [0.25, 0.3) is 0 Å². The number of nitrogens with one attached hydrogen (secondary N) is 3. The van der Waals surface area contributed by atoms with Crippen molar-refractivity contribution in [2.75, 3.05) is 32.6 Å². The molecule has 224 valence electrons. The summed E-state index contributed by atoms with van der Waals surface area (Å²) in [5.41, 5.74) is 6.34. The molecule has 3 N–H and O–H groups in total. The van der Waals surface area contributed by atoms with E-state index in [0.717, 1.165) is 28.6 Å². The monoisotopic (exact) mass is 592 g/mol. The predicted molar refractivity (Wildman–Crippen MR) is 170 cm³/mol. The lowest BCUT2D eigenvalue weighted by atomic mass is 9.95. The number of ether oxygens (including phenoxy) is 1. The molecule has 10 nitrogen and oxygen atoms in total. The summed E-state index contributed by atoms with van der Waals surface area (Å²) in [4.78, 5) is 31.6. The Kier molecular flexibility index (Phi) is 7.56. The SMILES string of the molecule is CN(C)CCOc1cc(F)cc(-c2ccnc3[nH]c(-c4n[nH]c5ccc(-c6cncc(NC(=O)C(C)(C)C)c6)nc45)cc23)c1. The number of carbonyl (C=O) groups excluding carboxylic acids is 1. The first-order valence-electron chi connectivity index (χ1n) is 14.2. The van der Waals surface area contributed by atoms with Crippen LogP contribution in [0.5, 0.6) is 5.75 Å². The number of amides is 1. The van der Waals surface area contributed by atoms with Crippen molar-refractivity contribution in [3.63, 3.8) is 0 Å². The standard InChI is InChI=1S/C33H33FN8O2/c1-33(2,3)32(43)37-22-13-20(17-35-18-22)26-6-7-27-29(38-26)30(41-40-27)28-16-25-24(8-9-36-31(25)39-28)19-12-21(34)15-23(14-19)44-11-10-42(4)5/h6-9,12-18H,10-11H2,1-5H3,(H,36,39)(H,37,43)(H,40,41). The normalized spacial score (nSPS) is 11.9. The largest absolute Gasteiger partial charge is 0.492 e. The minimum absolute atomic E-state index is 0.102. The van der Waals surface area contributed by atoms with Crippen molar-refractivity contribution in [2.45, 2.75) is 20.8 Å². The Labute approximate surface area is 253 Å². The number of nitrogens with zero attached hydrogens (tertiary/aromatic N) is 5. The van der Waals surface area contributed by atoms with Gasteiger partial charge in [-0.1, -0.05) is 20.8 Å². The molecular formula is C33H33FN8O2. The summed E-state index contributed by atoms with van der Waals surface area (Å²) in [7, 11) is 3.92. The summed E-state index contributed by atoms with van der Waals surface area (Å²) >= 11 is 0. The lowest BCUT2D eigenvalue weighted by molar-refractivity contribution is -0.123. The second kappa shape index (κ2) is 11.5. The van der Waals surface area contributed by atoms with Gasteiger partial charge >= 0.3 is 0 Å². The van der Waals surface area contributed by atoms with Gasteiger partial charge in [0.15, 0.2) is 0 Å². The minimum atomic E-state index is -0.538. The molecule has 11 heteroatoms. The molecule has 0 saturated carbocycles. The molecule has 6 aromatic rings. The van der Waals surface area contributed by atoms with Gasteiger partial charge in [-0.25, -0.2) is 14.4 Å². The zero-order valence-corrected chi connectivity index (χ0v) is 25.2. The van der Waals surface area contributed by atoms with Gasteiger partial charge in [0.1, 0.15) is 35.0 Å². The van der Waals surface area contributed by atoms with Gasteiger partial charge in [0, 0.05) is 41.4 Å². The number of benzene rings is 1. The van der Waals surface area contributed by atoms with Crippen LogP contribution in [0, 0.1) is 11.2 Å². The van der Waals surface area contributed by atoms with Gasteiger partial charge in [-0.15, -0.1) is 0 Å². The van der Waals surface area contributed by atoms with Crippen LogP contribution < -0.4 is 10.1 Å². The number of carbonyl (C=O) groups is 1. The van der Waals surface area contributed by atoms with Gasteiger partial charge < -0.3 is 19.9 Å². The fourth-order valence-electron chi connectivity index (χ4n) is 4.77. The number of aromatic nitrogens is 6. The molecular weight excluding hydrogens is 559 g/mol. The summed E-state index contributed by atoms with van der Waals surface area (Å²) in [6.07, 6.45) is 5.01. The van der Waals surface area contributed by atoms with Crippen LogP contribution >= 0.6 is 0 Å². The topological polar surface area (TPSA) is 125 Å². The van der Waals surface area contributed by atoms with E-state index in [4.69, 9.17) is 9.72 Å². The van der Waals surface area contributed by atoms with Gasteiger partial charge in [-0.3, -0.25) is 14.9 Å². The molecule has 5 aromatic heterocycles. The van der Waals surface area contributed by atoms with Crippen molar-refractivity contribution in [1.82, 2.24) is 35.0 Å². The molecule has 0 aliphatic heterocycles. The number of aromatic amines is 2. The third-order valence-corrected chi connectivity index (χ3v) is 7.16. The third kappa shape index (κ3) is 6.00. The number of likely N-dealkylation sites (N-methyl/N-ethyl adjacent to an activating group) is 1. The van der Waals surface area contributed by atoms with Crippen LogP contribution in [0.4, 0.5) is 10.1 Å². The quantitative estimate of drug-likeness (QED) is 0.190. The van der Waals surface area contributed by atoms with E-state index in [1.165, 1.54) is 12.1 Å². The third-order valence-electron chi connectivity index (χ3n) is 7.16. The van der Waals surface area contributed by atoms with E-state index >= 15 is 0 Å². The second-order valence-corrected chi connectivity index (χ2v) is 12.0. The van der Waals surface area contributed by atoms with Crippen LogP contribution in [0.3, 0.4) is 0 Å². The van der Waals surface area contributed by atoms with Crippen molar-refractivity contribution in [3.05, 3.63) is 72.9 Å². The Morgan fingerprint density at radius 2 is 1.89 bits per heavy atom. The van der Waals surface area contributed by atoms with Crippen molar-refractivity contribution < 1.29 is 13.9 Å². The Bertz CT molecular complexity index is 1990. The van der Waals surface area contributed by atoms with Gasteiger partial charge in [-0.2, -0.15) is 5.10 Å². The number of anilines is 1. The van der Waals surface area contributed by atoms with E-state index in [2.05, 4.69) is 30.5 Å². The Morgan fingerprint density at radius 3 is 2.68 bits per heavy atom. The molecule has 0 radical (unpaired) electrons. The van der Waals surface area contributed by atoms with Crippen molar-refractivity contribution in [2.24, 2.45) is 5.41 Å². The fourth-order valence-corrected chi connectivity index (χ4v) is 4.77. The van der Waals surface area contributed by atoms with Crippen LogP contribution in [0.1, 0.15) is 20.8 Å². The lowest BCUT2D eigenvalue weighted by Crippen LogP contribution is -2.27. The van der Waals surface area contributed by atoms with Crippen LogP contribution in [0.15, 0.2) is 67.1 Å². The number of rotatable bonds is 8. The van der Waals surface area contributed by atoms with Crippen molar-refractivity contribution in [1.29, 1.82) is 0 Å².